The van der Waals surface area contributed by atoms with Crippen molar-refractivity contribution >= 4 is 54.5 Å². The molecule has 3 heteroatoms. The highest BCUT2D eigenvalue weighted by molar-refractivity contribution is 6.12. The summed E-state index contributed by atoms with van der Waals surface area (Å²) >= 11 is 0. The van der Waals surface area contributed by atoms with E-state index < -0.39 is 0 Å². The molecule has 0 unspecified atom stereocenters. The van der Waals surface area contributed by atoms with E-state index in [0.29, 0.717) is 11.8 Å². The summed E-state index contributed by atoms with van der Waals surface area (Å²) in [6.45, 7) is 2.43. The van der Waals surface area contributed by atoms with Crippen molar-refractivity contribution in [2.75, 3.05) is 0 Å². The summed E-state index contributed by atoms with van der Waals surface area (Å²) in [4.78, 5) is 0. The first-order chi connectivity index (χ1) is 33.2. The van der Waals surface area contributed by atoms with Crippen molar-refractivity contribution in [2.45, 2.75) is 76.7 Å². The number of hydrogen-bond acceptors (Lipinski definition) is 0. The molecule has 8 aromatic carbocycles. The molecule has 14 rings (SSSR count). The number of rotatable bonds is 6. The minimum absolute atomic E-state index is 0.116. The Hall–Kier alpha value is -7.10. The highest BCUT2D eigenvalue weighted by Gasteiger charge is 2.54. The second-order valence-corrected chi connectivity index (χ2v) is 20.1. The zero-order valence-corrected chi connectivity index (χ0v) is 38.4. The molecule has 3 aromatic heterocycles. The van der Waals surface area contributed by atoms with Crippen molar-refractivity contribution in [3.8, 4) is 44.9 Å². The number of nitrogens with zero attached hydrogens (tertiary/aromatic N) is 3. The zero-order chi connectivity index (χ0) is 44.2. The summed E-state index contributed by atoms with van der Waals surface area (Å²) in [5.74, 6) is 1.16. The summed E-state index contributed by atoms with van der Waals surface area (Å²) in [6, 6.07) is 69.0. The molecule has 0 amide bonds. The van der Waals surface area contributed by atoms with E-state index in [9.17, 15) is 0 Å². The van der Waals surface area contributed by atoms with Crippen molar-refractivity contribution in [3.05, 3.63) is 193 Å². The molecule has 3 aliphatic rings. The summed E-state index contributed by atoms with van der Waals surface area (Å²) in [7, 11) is 0. The van der Waals surface area contributed by atoms with Crippen LogP contribution in [0.3, 0.4) is 0 Å². The van der Waals surface area contributed by atoms with Crippen LogP contribution >= 0.6 is 0 Å². The average Bonchev–Trinajstić information content (AvgIpc) is 4.10. The third-order valence-corrected chi connectivity index (χ3v) is 16.8. The van der Waals surface area contributed by atoms with Gasteiger partial charge in [-0.05, 0) is 145 Å². The van der Waals surface area contributed by atoms with E-state index in [2.05, 4.69) is 203 Å². The third-order valence-electron chi connectivity index (χ3n) is 16.8. The lowest BCUT2D eigenvalue weighted by molar-refractivity contribution is 0.0817. The van der Waals surface area contributed by atoms with Gasteiger partial charge in [0.2, 0.25) is 0 Å². The maximum atomic E-state index is 2.97. The van der Waals surface area contributed by atoms with Crippen LogP contribution in [0, 0.1) is 18.8 Å². The molecule has 326 valence electrons. The summed E-state index contributed by atoms with van der Waals surface area (Å²) in [5, 5.41) is 6.61. The molecule has 1 aliphatic heterocycles. The number of fused-ring (bicyclic) bond motifs is 11. The number of aromatic nitrogens is 3. The SMILES string of the molecule is Cc1c2n(c3ccc(-n4c5ccccc5c5cc(-c6ccccc6)ccc54)cc13)C(C1CCCCC1)(C1CCCCC1)c1cc(-n3c4ccccc4c4cc(-c5ccccc5)ccc43)ccc1-2. The van der Waals surface area contributed by atoms with Gasteiger partial charge in [-0.1, -0.05) is 154 Å². The van der Waals surface area contributed by atoms with Crippen LogP contribution in [0.1, 0.15) is 75.3 Å². The van der Waals surface area contributed by atoms with Gasteiger partial charge < -0.3 is 13.7 Å². The lowest BCUT2D eigenvalue weighted by atomic mass is 9.61. The van der Waals surface area contributed by atoms with E-state index in [-0.39, 0.29) is 5.54 Å². The minimum atomic E-state index is -0.116. The van der Waals surface area contributed by atoms with Gasteiger partial charge in [0.05, 0.1) is 33.3 Å². The number of para-hydroxylation sites is 2. The van der Waals surface area contributed by atoms with Crippen molar-refractivity contribution in [3.63, 3.8) is 0 Å². The normalized spacial score (nSPS) is 16.4. The van der Waals surface area contributed by atoms with E-state index >= 15 is 0 Å². The molecule has 3 nitrogen and oxygen atoms in total. The predicted octanol–water partition coefficient (Wildman–Crippen LogP) is 17.4. The molecule has 2 aliphatic carbocycles. The predicted molar refractivity (Wildman–Crippen MR) is 282 cm³/mol. The molecule has 67 heavy (non-hydrogen) atoms. The van der Waals surface area contributed by atoms with Gasteiger partial charge in [0.1, 0.15) is 0 Å². The molecular weight excluding hydrogens is 811 g/mol. The van der Waals surface area contributed by atoms with Crippen molar-refractivity contribution < 1.29 is 0 Å². The van der Waals surface area contributed by atoms with Gasteiger partial charge in [-0.2, -0.15) is 0 Å². The first-order valence-corrected chi connectivity index (χ1v) is 25.2. The van der Waals surface area contributed by atoms with Crippen LogP contribution in [-0.4, -0.2) is 13.7 Å². The maximum absolute atomic E-state index is 2.97. The van der Waals surface area contributed by atoms with E-state index in [0.717, 1.165) is 0 Å². The first kappa shape index (κ1) is 39.1. The molecule has 0 saturated heterocycles. The Balaban J connectivity index is 0.995. The van der Waals surface area contributed by atoms with Gasteiger partial charge in [-0.25, -0.2) is 0 Å². The van der Waals surface area contributed by atoms with E-state index in [1.54, 1.807) is 5.56 Å². The van der Waals surface area contributed by atoms with E-state index in [1.165, 1.54) is 169 Å². The largest absolute Gasteiger partial charge is 0.329 e. The van der Waals surface area contributed by atoms with Crippen molar-refractivity contribution in [1.82, 2.24) is 13.7 Å². The second-order valence-electron chi connectivity index (χ2n) is 20.1. The Morgan fingerprint density at radius 1 is 0.373 bits per heavy atom. The van der Waals surface area contributed by atoms with Crippen molar-refractivity contribution in [1.29, 1.82) is 0 Å². The lowest BCUT2D eigenvalue weighted by Crippen LogP contribution is -2.48. The van der Waals surface area contributed by atoms with Gasteiger partial charge in [-0.15, -0.1) is 0 Å². The van der Waals surface area contributed by atoms with Crippen LogP contribution < -0.4 is 0 Å². The quantitative estimate of drug-likeness (QED) is 0.158. The highest BCUT2D eigenvalue weighted by Crippen LogP contribution is 2.61. The van der Waals surface area contributed by atoms with Crippen molar-refractivity contribution in [2.24, 2.45) is 11.8 Å². The number of hydrogen-bond donors (Lipinski definition) is 0. The Bertz CT molecular complexity index is 3700. The smallest absolute Gasteiger partial charge is 0.0766 e. The lowest BCUT2D eigenvalue weighted by Gasteiger charge is -2.49. The second kappa shape index (κ2) is 15.2. The molecule has 0 atom stereocenters. The Labute approximate surface area is 392 Å². The molecule has 2 fully saturated rings. The van der Waals surface area contributed by atoms with Gasteiger partial charge in [-0.3, -0.25) is 0 Å². The highest BCUT2D eigenvalue weighted by atomic mass is 15.1. The topological polar surface area (TPSA) is 14.8 Å². The molecule has 11 aromatic rings. The van der Waals surface area contributed by atoms with Crippen LogP contribution in [0.25, 0.3) is 99.4 Å². The Morgan fingerprint density at radius 3 is 1.39 bits per heavy atom. The molecule has 2 saturated carbocycles. The van der Waals surface area contributed by atoms with E-state index in [4.69, 9.17) is 0 Å². The molecule has 4 heterocycles. The third kappa shape index (κ3) is 5.70. The summed E-state index contributed by atoms with van der Waals surface area (Å²) in [6.07, 6.45) is 13.2. The standard InChI is InChI=1S/C64H55N3/c1-42-54-40-49(65-58-28-16-14-26-51(58)55-38-45(30-35-60(55)65)43-18-6-2-7-19-43)33-37-62(54)67-63(42)53-34-32-50(41-57(53)64(67,47-22-10-4-11-23-47)48-24-12-5-13-25-48)66-59-29-17-15-27-52(59)56-39-46(31-36-61(56)66)44-20-8-3-9-21-44/h2-3,6-9,14-21,26-41,47-48H,4-5,10-13,22-25H2,1H3. The van der Waals surface area contributed by atoms with Gasteiger partial charge >= 0.3 is 0 Å². The van der Waals surface area contributed by atoms with Crippen LogP contribution in [0.4, 0.5) is 0 Å². The fourth-order valence-electron chi connectivity index (χ4n) is 14.0. The average molecular weight is 866 g/mol. The first-order valence-electron chi connectivity index (χ1n) is 25.2. The van der Waals surface area contributed by atoms with Crippen LogP contribution in [0.5, 0.6) is 0 Å². The fraction of sp³-hybridized carbons (Fsp3) is 0.219. The molecule has 0 spiro atoms. The van der Waals surface area contributed by atoms with Gasteiger partial charge in [0.15, 0.2) is 0 Å². The van der Waals surface area contributed by atoms with Gasteiger partial charge in [0, 0.05) is 49.4 Å². The maximum Gasteiger partial charge on any atom is 0.0766 e. The number of benzene rings is 8. The molecule has 0 N–H and O–H groups in total. The Morgan fingerprint density at radius 2 is 0.836 bits per heavy atom. The minimum Gasteiger partial charge on any atom is -0.329 e. The fourth-order valence-corrected chi connectivity index (χ4v) is 14.0. The Kier molecular flexibility index (Phi) is 8.88. The zero-order valence-electron chi connectivity index (χ0n) is 38.4. The van der Waals surface area contributed by atoms with Crippen LogP contribution in [0.15, 0.2) is 182 Å². The monoisotopic (exact) mass is 865 g/mol. The number of aryl methyl sites for hydroxylation is 1. The van der Waals surface area contributed by atoms with E-state index in [1.807, 2.05) is 0 Å². The summed E-state index contributed by atoms with van der Waals surface area (Å²) < 4.78 is 8.06. The molecule has 0 bridgehead atoms. The summed E-state index contributed by atoms with van der Waals surface area (Å²) in [5.41, 5.74) is 19.8. The van der Waals surface area contributed by atoms with Crippen LogP contribution in [-0.2, 0) is 5.54 Å². The molecule has 0 radical (unpaired) electrons. The van der Waals surface area contributed by atoms with Gasteiger partial charge in [0.25, 0.3) is 0 Å². The molecular formula is C64H55N3. The van der Waals surface area contributed by atoms with Crippen LogP contribution in [0.2, 0.25) is 0 Å².